The van der Waals surface area contributed by atoms with Gasteiger partial charge in [-0.1, -0.05) is 13.0 Å². The first-order chi connectivity index (χ1) is 8.21. The zero-order chi connectivity index (χ0) is 13.9. The summed E-state index contributed by atoms with van der Waals surface area (Å²) < 4.78 is 22.3. The van der Waals surface area contributed by atoms with Crippen molar-refractivity contribution in [2.75, 3.05) is 5.32 Å². The van der Waals surface area contributed by atoms with Gasteiger partial charge in [-0.2, -0.15) is 0 Å². The number of carbonyl (C=O) groups is 1. The Morgan fingerprint density at radius 1 is 1.33 bits per heavy atom. The molecular weight excluding hydrogens is 254 g/mol. The highest BCUT2D eigenvalue weighted by Crippen LogP contribution is 2.15. The van der Waals surface area contributed by atoms with E-state index < -0.39 is 10.0 Å². The molecule has 0 aliphatic carbocycles. The normalized spacial score (nSPS) is 14.9. The van der Waals surface area contributed by atoms with Gasteiger partial charge < -0.3 is 11.1 Å². The van der Waals surface area contributed by atoms with Crippen LogP contribution in [0.2, 0.25) is 0 Å². The molecule has 0 aromatic heterocycles. The van der Waals surface area contributed by atoms with Crippen LogP contribution in [0.5, 0.6) is 0 Å². The second kappa shape index (κ2) is 5.47. The smallest absolute Gasteiger partial charge is 0.238 e. The molecule has 0 aliphatic heterocycles. The van der Waals surface area contributed by atoms with Crippen LogP contribution in [0.4, 0.5) is 5.69 Å². The van der Waals surface area contributed by atoms with Gasteiger partial charge in [0, 0.05) is 11.7 Å². The Morgan fingerprint density at radius 2 is 1.94 bits per heavy atom. The molecule has 18 heavy (non-hydrogen) atoms. The van der Waals surface area contributed by atoms with Gasteiger partial charge in [-0.25, -0.2) is 13.6 Å². The SMILES string of the molecule is CC(N)C(C)C(=O)Nc1cccc(S(N)(=O)=O)c1. The number of sulfonamides is 1. The van der Waals surface area contributed by atoms with Gasteiger partial charge in [0.15, 0.2) is 0 Å². The number of hydrogen-bond acceptors (Lipinski definition) is 4. The molecule has 0 fully saturated rings. The Balaban J connectivity index is 2.90. The van der Waals surface area contributed by atoms with Crippen molar-refractivity contribution in [2.24, 2.45) is 16.8 Å². The van der Waals surface area contributed by atoms with Crippen LogP contribution >= 0.6 is 0 Å². The van der Waals surface area contributed by atoms with Crippen LogP contribution in [0.1, 0.15) is 13.8 Å². The van der Waals surface area contributed by atoms with E-state index in [9.17, 15) is 13.2 Å². The van der Waals surface area contributed by atoms with Gasteiger partial charge in [-0.05, 0) is 25.1 Å². The fraction of sp³-hybridized carbons (Fsp3) is 0.364. The number of nitrogens with two attached hydrogens (primary N) is 2. The first-order valence-electron chi connectivity index (χ1n) is 5.41. The quantitative estimate of drug-likeness (QED) is 0.728. The van der Waals surface area contributed by atoms with Gasteiger partial charge in [-0.3, -0.25) is 4.79 Å². The molecule has 1 rings (SSSR count). The monoisotopic (exact) mass is 271 g/mol. The van der Waals surface area contributed by atoms with Crippen LogP contribution in [0.3, 0.4) is 0 Å². The molecule has 6 nitrogen and oxygen atoms in total. The number of anilines is 1. The van der Waals surface area contributed by atoms with E-state index in [-0.39, 0.29) is 22.8 Å². The topological polar surface area (TPSA) is 115 Å². The molecule has 7 heteroatoms. The third kappa shape index (κ3) is 3.80. The molecule has 0 radical (unpaired) electrons. The predicted octanol–water partition coefficient (Wildman–Crippen LogP) is 0.256. The van der Waals surface area contributed by atoms with Gasteiger partial charge in [-0.15, -0.1) is 0 Å². The molecule has 0 heterocycles. The Morgan fingerprint density at radius 3 is 2.44 bits per heavy atom. The number of amides is 1. The van der Waals surface area contributed by atoms with Crippen molar-refractivity contribution < 1.29 is 13.2 Å². The van der Waals surface area contributed by atoms with Crippen LogP contribution in [-0.2, 0) is 14.8 Å². The summed E-state index contributed by atoms with van der Waals surface area (Å²) in [5, 5.41) is 7.60. The Kier molecular flexibility index (Phi) is 4.44. The van der Waals surface area contributed by atoms with Crippen molar-refractivity contribution in [3.05, 3.63) is 24.3 Å². The van der Waals surface area contributed by atoms with Gasteiger partial charge in [0.05, 0.1) is 10.8 Å². The molecule has 1 aromatic rings. The summed E-state index contributed by atoms with van der Waals surface area (Å²) in [5.74, 6) is -0.639. The van der Waals surface area contributed by atoms with Gasteiger partial charge in [0.1, 0.15) is 0 Å². The standard InChI is InChI=1S/C11H17N3O3S/c1-7(8(2)12)11(15)14-9-4-3-5-10(6-9)18(13,16)17/h3-8H,12H2,1-2H3,(H,14,15)(H2,13,16,17). The van der Waals surface area contributed by atoms with Gasteiger partial charge in [0.25, 0.3) is 0 Å². The highest BCUT2D eigenvalue weighted by atomic mass is 32.2. The summed E-state index contributed by atoms with van der Waals surface area (Å²) in [6.45, 7) is 3.43. The van der Waals surface area contributed by atoms with Crippen LogP contribution in [0, 0.1) is 5.92 Å². The van der Waals surface area contributed by atoms with Gasteiger partial charge in [0.2, 0.25) is 15.9 Å². The summed E-state index contributed by atoms with van der Waals surface area (Å²) in [5.41, 5.74) is 5.99. The molecule has 0 bridgehead atoms. The maximum atomic E-state index is 11.7. The predicted molar refractivity (Wildman–Crippen MR) is 69.3 cm³/mol. The molecule has 0 saturated heterocycles. The zero-order valence-corrected chi connectivity index (χ0v) is 11.1. The zero-order valence-electron chi connectivity index (χ0n) is 10.3. The average molecular weight is 271 g/mol. The second-order valence-corrected chi connectivity index (χ2v) is 5.77. The summed E-state index contributed by atoms with van der Waals surface area (Å²) in [7, 11) is -3.77. The molecule has 1 aromatic carbocycles. The minimum Gasteiger partial charge on any atom is -0.327 e. The third-order valence-corrected chi connectivity index (χ3v) is 3.54. The van der Waals surface area contributed by atoms with E-state index in [2.05, 4.69) is 5.32 Å². The molecular formula is C11H17N3O3S. The van der Waals surface area contributed by atoms with Crippen molar-refractivity contribution >= 4 is 21.6 Å². The summed E-state index contributed by atoms with van der Waals surface area (Å²) in [6, 6.07) is 5.47. The minimum atomic E-state index is -3.77. The Labute approximate surface area is 106 Å². The molecule has 5 N–H and O–H groups in total. The second-order valence-electron chi connectivity index (χ2n) is 4.21. The van der Waals surface area contributed by atoms with Crippen LogP contribution < -0.4 is 16.2 Å². The van der Waals surface area contributed by atoms with Crippen LogP contribution in [0.25, 0.3) is 0 Å². The molecule has 0 saturated carbocycles. The first kappa shape index (κ1) is 14.6. The number of benzene rings is 1. The lowest BCUT2D eigenvalue weighted by Gasteiger charge is -2.15. The first-order valence-corrected chi connectivity index (χ1v) is 6.96. The van der Waals surface area contributed by atoms with Crippen LogP contribution in [0.15, 0.2) is 29.2 Å². The Hall–Kier alpha value is -1.44. The van der Waals surface area contributed by atoms with E-state index in [1.807, 2.05) is 0 Å². The summed E-state index contributed by atoms with van der Waals surface area (Å²) in [6.07, 6.45) is 0. The molecule has 1 amide bonds. The van der Waals surface area contributed by atoms with E-state index in [1.54, 1.807) is 19.9 Å². The fourth-order valence-electron chi connectivity index (χ4n) is 1.25. The van der Waals surface area contributed by atoms with E-state index >= 15 is 0 Å². The number of primary sulfonamides is 1. The number of rotatable bonds is 4. The third-order valence-electron chi connectivity index (χ3n) is 2.63. The van der Waals surface area contributed by atoms with E-state index in [4.69, 9.17) is 10.9 Å². The van der Waals surface area contributed by atoms with Gasteiger partial charge >= 0.3 is 0 Å². The van der Waals surface area contributed by atoms with Crippen molar-refractivity contribution in [1.29, 1.82) is 0 Å². The van der Waals surface area contributed by atoms with Crippen molar-refractivity contribution in [3.63, 3.8) is 0 Å². The average Bonchev–Trinajstić information content (AvgIpc) is 2.27. The van der Waals surface area contributed by atoms with Crippen molar-refractivity contribution in [2.45, 2.75) is 24.8 Å². The largest absolute Gasteiger partial charge is 0.327 e. The number of hydrogen-bond donors (Lipinski definition) is 3. The summed E-state index contributed by atoms with van der Waals surface area (Å²) in [4.78, 5) is 11.7. The maximum Gasteiger partial charge on any atom is 0.238 e. The summed E-state index contributed by atoms with van der Waals surface area (Å²) >= 11 is 0. The highest BCUT2D eigenvalue weighted by Gasteiger charge is 2.17. The molecule has 2 atom stereocenters. The fourth-order valence-corrected chi connectivity index (χ4v) is 1.81. The van der Waals surface area contributed by atoms with Crippen LogP contribution in [-0.4, -0.2) is 20.4 Å². The van der Waals surface area contributed by atoms with E-state index in [1.165, 1.54) is 18.2 Å². The van der Waals surface area contributed by atoms with E-state index in [0.29, 0.717) is 5.69 Å². The molecule has 100 valence electrons. The van der Waals surface area contributed by atoms with Crippen molar-refractivity contribution in [1.82, 2.24) is 0 Å². The number of carbonyl (C=O) groups excluding carboxylic acids is 1. The Bertz CT molecular complexity index is 540. The lowest BCUT2D eigenvalue weighted by Crippen LogP contribution is -2.34. The highest BCUT2D eigenvalue weighted by molar-refractivity contribution is 7.89. The number of nitrogens with one attached hydrogen (secondary N) is 1. The lowest BCUT2D eigenvalue weighted by atomic mass is 10.0. The molecule has 2 unspecified atom stereocenters. The lowest BCUT2D eigenvalue weighted by molar-refractivity contribution is -0.119. The molecule has 0 spiro atoms. The van der Waals surface area contributed by atoms with Crippen molar-refractivity contribution in [3.8, 4) is 0 Å². The van der Waals surface area contributed by atoms with E-state index in [0.717, 1.165) is 0 Å². The molecule has 0 aliphatic rings. The minimum absolute atomic E-state index is 0.0475. The maximum absolute atomic E-state index is 11.7.